The van der Waals surface area contributed by atoms with Gasteiger partial charge in [0.1, 0.15) is 16.9 Å². The van der Waals surface area contributed by atoms with Gasteiger partial charge in [0.2, 0.25) is 5.28 Å². The molecule has 0 radical (unpaired) electrons. The van der Waals surface area contributed by atoms with Crippen LogP contribution in [0.1, 0.15) is 27.2 Å². The number of likely N-dealkylation sites (tertiary alicyclic amines) is 1. The highest BCUT2D eigenvalue weighted by molar-refractivity contribution is 9.10. The van der Waals surface area contributed by atoms with Gasteiger partial charge in [-0.05, 0) is 66.9 Å². The number of amides is 1. The highest BCUT2D eigenvalue weighted by Gasteiger charge is 2.33. The minimum atomic E-state index is -0.539. The maximum absolute atomic E-state index is 14.4. The number of anilines is 1. The number of rotatable bonds is 2. The van der Waals surface area contributed by atoms with Crippen molar-refractivity contribution < 1.29 is 13.9 Å². The molecule has 6 nitrogen and oxygen atoms in total. The van der Waals surface area contributed by atoms with Crippen molar-refractivity contribution in [3.05, 3.63) is 27.7 Å². The molecule has 146 valence electrons. The number of aromatic nitrogens is 2. The van der Waals surface area contributed by atoms with Crippen molar-refractivity contribution in [1.29, 1.82) is 0 Å². The highest BCUT2D eigenvalue weighted by Crippen LogP contribution is 2.32. The molecule has 3 rings (SSSR count). The van der Waals surface area contributed by atoms with Crippen molar-refractivity contribution >= 4 is 50.3 Å². The zero-order valence-corrected chi connectivity index (χ0v) is 17.9. The van der Waals surface area contributed by atoms with Crippen LogP contribution in [0.25, 0.3) is 10.9 Å². The second-order valence-electron chi connectivity index (χ2n) is 7.55. The van der Waals surface area contributed by atoms with E-state index in [9.17, 15) is 9.18 Å². The minimum Gasteiger partial charge on any atom is -0.444 e. The number of hydrogen-bond acceptors (Lipinski definition) is 5. The van der Waals surface area contributed by atoms with Gasteiger partial charge in [-0.3, -0.25) is 0 Å². The molecule has 1 aromatic heterocycles. The van der Waals surface area contributed by atoms with Crippen molar-refractivity contribution in [2.24, 2.45) is 0 Å². The lowest BCUT2D eigenvalue weighted by Gasteiger charge is -2.28. The van der Waals surface area contributed by atoms with Crippen molar-refractivity contribution in [3.8, 4) is 0 Å². The molecule has 0 bridgehead atoms. The molecule has 2 heterocycles. The van der Waals surface area contributed by atoms with Crippen LogP contribution in [0.5, 0.6) is 0 Å². The van der Waals surface area contributed by atoms with Crippen molar-refractivity contribution in [2.75, 3.05) is 25.0 Å². The average Bonchev–Trinajstić information content (AvgIpc) is 3.06. The topological polar surface area (TPSA) is 58.6 Å². The number of fused-ring (bicyclic) bond motifs is 1. The number of carbonyl (C=O) groups excluding carboxylic acids is 1. The summed E-state index contributed by atoms with van der Waals surface area (Å²) >= 11 is 9.20. The SMILES string of the molecule is CN(c1nc(Cl)nc2c(F)c(Br)ccc12)[C@@H]1CCN(C(=O)OC(C)(C)C)C1. The fraction of sp³-hybridized carbons (Fsp3) is 0.500. The molecule has 1 aromatic carbocycles. The van der Waals surface area contributed by atoms with Crippen LogP contribution >= 0.6 is 27.5 Å². The lowest BCUT2D eigenvalue weighted by molar-refractivity contribution is 0.0292. The summed E-state index contributed by atoms with van der Waals surface area (Å²) in [4.78, 5) is 24.2. The van der Waals surface area contributed by atoms with E-state index < -0.39 is 11.4 Å². The fourth-order valence-electron chi connectivity index (χ4n) is 3.09. The quantitative estimate of drug-likeness (QED) is 0.613. The van der Waals surface area contributed by atoms with Crippen LogP contribution in [-0.4, -0.2) is 52.7 Å². The molecule has 1 saturated heterocycles. The van der Waals surface area contributed by atoms with Crippen LogP contribution < -0.4 is 4.90 Å². The number of carbonyl (C=O) groups is 1. The van der Waals surface area contributed by atoms with Gasteiger partial charge in [0.05, 0.1) is 4.47 Å². The van der Waals surface area contributed by atoms with E-state index in [1.54, 1.807) is 17.0 Å². The van der Waals surface area contributed by atoms with E-state index in [-0.39, 0.29) is 22.9 Å². The molecular formula is C18H21BrClFN4O2. The number of hydrogen-bond donors (Lipinski definition) is 0. The highest BCUT2D eigenvalue weighted by atomic mass is 79.9. The van der Waals surface area contributed by atoms with Gasteiger partial charge in [-0.15, -0.1) is 0 Å². The Morgan fingerprint density at radius 3 is 2.78 bits per heavy atom. The van der Waals surface area contributed by atoms with Gasteiger partial charge < -0.3 is 14.5 Å². The van der Waals surface area contributed by atoms with Crippen molar-refractivity contribution in [2.45, 2.75) is 38.8 Å². The Kier molecular flexibility index (Phi) is 5.49. The molecule has 1 aliphatic heterocycles. The molecule has 0 unspecified atom stereocenters. The summed E-state index contributed by atoms with van der Waals surface area (Å²) in [5.74, 6) is 0.0562. The lowest BCUT2D eigenvalue weighted by atomic mass is 10.2. The van der Waals surface area contributed by atoms with Crippen molar-refractivity contribution in [1.82, 2.24) is 14.9 Å². The van der Waals surface area contributed by atoms with E-state index in [1.165, 1.54) is 0 Å². The standard InChI is InChI=1S/C18H21BrClFN4O2/c1-18(2,3)27-17(26)25-8-7-10(9-25)24(4)15-11-5-6-12(19)13(21)14(11)22-16(20)23-15/h5-6,10H,7-9H2,1-4H3/t10-/m1/s1. The summed E-state index contributed by atoms with van der Waals surface area (Å²) in [6.45, 7) is 6.60. The normalized spacial score (nSPS) is 17.4. The third-order valence-electron chi connectivity index (χ3n) is 4.41. The van der Waals surface area contributed by atoms with Crippen LogP contribution in [0.2, 0.25) is 5.28 Å². The van der Waals surface area contributed by atoms with Crippen LogP contribution in [0.15, 0.2) is 16.6 Å². The number of benzene rings is 1. The van der Waals surface area contributed by atoms with Gasteiger partial charge in [-0.25, -0.2) is 14.2 Å². The third-order valence-corrected chi connectivity index (χ3v) is 5.19. The molecule has 0 spiro atoms. The Balaban J connectivity index is 1.86. The monoisotopic (exact) mass is 458 g/mol. The predicted octanol–water partition coefficient (Wildman–Crippen LogP) is 4.63. The molecule has 0 aliphatic carbocycles. The molecule has 1 amide bonds. The van der Waals surface area contributed by atoms with Gasteiger partial charge in [-0.2, -0.15) is 4.98 Å². The maximum atomic E-state index is 14.4. The van der Waals surface area contributed by atoms with Crippen molar-refractivity contribution in [3.63, 3.8) is 0 Å². The van der Waals surface area contributed by atoms with Crippen LogP contribution in [0.4, 0.5) is 15.0 Å². The molecule has 27 heavy (non-hydrogen) atoms. The first-order valence-corrected chi connectivity index (χ1v) is 9.76. The molecule has 0 N–H and O–H groups in total. The Labute approximate surface area is 170 Å². The Hall–Kier alpha value is -1.67. The van der Waals surface area contributed by atoms with Gasteiger partial charge >= 0.3 is 6.09 Å². The molecular weight excluding hydrogens is 439 g/mol. The van der Waals surface area contributed by atoms with Gasteiger partial charge in [-0.1, -0.05) is 0 Å². The molecule has 9 heteroatoms. The van der Waals surface area contributed by atoms with E-state index in [1.807, 2.05) is 32.7 Å². The van der Waals surface area contributed by atoms with E-state index >= 15 is 0 Å². The maximum Gasteiger partial charge on any atom is 0.410 e. The Morgan fingerprint density at radius 1 is 1.41 bits per heavy atom. The van der Waals surface area contributed by atoms with Gasteiger partial charge in [0, 0.05) is 31.6 Å². The summed E-state index contributed by atoms with van der Waals surface area (Å²) in [6, 6.07) is 3.39. The second kappa shape index (κ2) is 7.39. The third kappa shape index (κ3) is 4.27. The first kappa shape index (κ1) is 20.1. The number of halogens is 3. The molecule has 1 aliphatic rings. The number of ether oxygens (including phenoxy) is 1. The van der Waals surface area contributed by atoms with E-state index in [2.05, 4.69) is 25.9 Å². The summed E-state index contributed by atoms with van der Waals surface area (Å²) in [6.07, 6.45) is 0.414. The Morgan fingerprint density at radius 2 is 2.11 bits per heavy atom. The first-order chi connectivity index (χ1) is 12.6. The van der Waals surface area contributed by atoms with Crippen LogP contribution in [0, 0.1) is 5.82 Å². The largest absolute Gasteiger partial charge is 0.444 e. The summed E-state index contributed by atoms with van der Waals surface area (Å²) < 4.78 is 20.2. The average molecular weight is 460 g/mol. The lowest BCUT2D eigenvalue weighted by Crippen LogP contribution is -2.39. The van der Waals surface area contributed by atoms with E-state index in [4.69, 9.17) is 16.3 Å². The van der Waals surface area contributed by atoms with E-state index in [0.29, 0.717) is 28.8 Å². The number of nitrogens with zero attached hydrogens (tertiary/aromatic N) is 4. The van der Waals surface area contributed by atoms with Gasteiger partial charge in [0.25, 0.3) is 0 Å². The summed E-state index contributed by atoms with van der Waals surface area (Å²) in [5.41, 5.74) is -0.379. The van der Waals surface area contributed by atoms with Crippen LogP contribution in [-0.2, 0) is 4.74 Å². The fourth-order valence-corrected chi connectivity index (χ4v) is 3.57. The zero-order chi connectivity index (χ0) is 19.9. The minimum absolute atomic E-state index is 0.0124. The molecule has 1 atom stereocenters. The second-order valence-corrected chi connectivity index (χ2v) is 8.75. The summed E-state index contributed by atoms with van der Waals surface area (Å²) in [5, 5.41) is 0.543. The molecule has 0 saturated carbocycles. The van der Waals surface area contributed by atoms with Gasteiger partial charge in [0.15, 0.2) is 5.82 Å². The van der Waals surface area contributed by atoms with E-state index in [0.717, 1.165) is 6.42 Å². The zero-order valence-electron chi connectivity index (χ0n) is 15.6. The first-order valence-electron chi connectivity index (χ1n) is 8.59. The Bertz CT molecular complexity index is 890. The smallest absolute Gasteiger partial charge is 0.410 e. The predicted molar refractivity (Wildman–Crippen MR) is 107 cm³/mol. The number of likely N-dealkylation sites (N-methyl/N-ethyl adjacent to an activating group) is 1. The van der Waals surface area contributed by atoms with Crippen LogP contribution in [0.3, 0.4) is 0 Å². The summed E-state index contributed by atoms with van der Waals surface area (Å²) in [7, 11) is 1.86. The molecule has 2 aromatic rings. The molecule has 1 fully saturated rings.